The lowest BCUT2D eigenvalue weighted by Gasteiger charge is -2.61. The molecule has 0 aliphatic heterocycles. The van der Waals surface area contributed by atoms with Crippen molar-refractivity contribution in [3.05, 3.63) is 0 Å². The molecule has 4 aliphatic carbocycles. The zero-order chi connectivity index (χ0) is 22.6. The molecule has 0 radical (unpaired) electrons. The van der Waals surface area contributed by atoms with Gasteiger partial charge in [0, 0.05) is 0 Å². The van der Waals surface area contributed by atoms with Crippen molar-refractivity contribution in [3.63, 3.8) is 0 Å². The summed E-state index contributed by atoms with van der Waals surface area (Å²) in [5.41, 5.74) is -1.13. The summed E-state index contributed by atoms with van der Waals surface area (Å²) in [7, 11) is 0. The third-order valence-corrected chi connectivity index (χ3v) is 10.8. The fourth-order valence-corrected chi connectivity index (χ4v) is 8.56. The summed E-state index contributed by atoms with van der Waals surface area (Å²) < 4.78 is 15.8. The number of carbonyl (C=O) groups excluding carboxylic acids is 1. The number of ketones is 1. The Balaban J connectivity index is 1.22. The lowest BCUT2D eigenvalue weighted by Crippen LogP contribution is -2.69. The molecule has 1 atom stereocenters. The van der Waals surface area contributed by atoms with Crippen LogP contribution in [0.3, 0.4) is 0 Å². The molecule has 4 saturated carbocycles. The van der Waals surface area contributed by atoms with Gasteiger partial charge in [0.1, 0.15) is 6.17 Å². The Bertz CT molecular complexity index is 588. The number of unbranched alkanes of at least 4 members (excludes halogenated alkanes) is 4. The molecule has 0 unspecified atom stereocenters. The molecular formula is C30H51FO. The third kappa shape index (κ3) is 4.72. The third-order valence-electron chi connectivity index (χ3n) is 10.8. The number of rotatable bonds is 9. The van der Waals surface area contributed by atoms with E-state index in [0.29, 0.717) is 5.78 Å². The largest absolute Gasteiger partial charge is 0.298 e. The fraction of sp³-hybridized carbons (Fsp3) is 0.967. The average molecular weight is 447 g/mol. The molecule has 0 N–H and O–H groups in total. The van der Waals surface area contributed by atoms with E-state index in [1.165, 1.54) is 77.0 Å². The van der Waals surface area contributed by atoms with Gasteiger partial charge in [-0.3, -0.25) is 4.79 Å². The molecule has 2 spiro atoms. The molecule has 0 saturated heterocycles. The lowest BCUT2D eigenvalue weighted by molar-refractivity contribution is -0.194. The van der Waals surface area contributed by atoms with Crippen LogP contribution in [0.1, 0.15) is 142 Å². The van der Waals surface area contributed by atoms with Crippen LogP contribution in [0.2, 0.25) is 0 Å². The second-order valence-electron chi connectivity index (χ2n) is 12.6. The van der Waals surface area contributed by atoms with Crippen LogP contribution in [0.5, 0.6) is 0 Å². The molecule has 4 fully saturated rings. The highest BCUT2D eigenvalue weighted by Crippen LogP contribution is 2.66. The smallest absolute Gasteiger partial charge is 0.151 e. The fourth-order valence-electron chi connectivity index (χ4n) is 8.56. The number of carbonyl (C=O) groups is 1. The van der Waals surface area contributed by atoms with Crippen LogP contribution in [-0.2, 0) is 4.79 Å². The van der Waals surface area contributed by atoms with Crippen LogP contribution >= 0.6 is 0 Å². The normalized spacial score (nSPS) is 42.3. The van der Waals surface area contributed by atoms with Gasteiger partial charge in [-0.05, 0) is 87.9 Å². The van der Waals surface area contributed by atoms with Gasteiger partial charge < -0.3 is 0 Å². The number of Topliss-reactive ketones (excluding diaryl/α,β-unsaturated/α-hetero) is 1. The molecular weight excluding hydrogens is 395 g/mol. The molecule has 0 heterocycles. The minimum Gasteiger partial charge on any atom is -0.298 e. The maximum atomic E-state index is 15.8. The summed E-state index contributed by atoms with van der Waals surface area (Å²) in [6.07, 6.45) is 23.4. The Morgan fingerprint density at radius 3 is 1.56 bits per heavy atom. The van der Waals surface area contributed by atoms with Gasteiger partial charge in [0.25, 0.3) is 0 Å². The number of hydrogen-bond acceptors (Lipinski definition) is 1. The van der Waals surface area contributed by atoms with Crippen LogP contribution < -0.4 is 0 Å². The Hall–Kier alpha value is -0.400. The highest BCUT2D eigenvalue weighted by Gasteiger charge is 2.71. The molecule has 4 rings (SSSR count). The molecule has 2 heteroatoms. The van der Waals surface area contributed by atoms with E-state index in [1.807, 2.05) is 0 Å². The van der Waals surface area contributed by atoms with E-state index >= 15 is 4.39 Å². The monoisotopic (exact) mass is 446 g/mol. The van der Waals surface area contributed by atoms with Gasteiger partial charge in [-0.2, -0.15) is 0 Å². The van der Waals surface area contributed by atoms with E-state index in [-0.39, 0.29) is 0 Å². The van der Waals surface area contributed by atoms with Crippen LogP contribution in [0.15, 0.2) is 0 Å². The van der Waals surface area contributed by atoms with Crippen LogP contribution in [-0.4, -0.2) is 12.0 Å². The standard InChI is InChI=1S/C30H51FO/c1-3-5-7-9-23-11-13-25(14-12-23)26-17-21-30(22-18-26)27(31)29(28(30)32)19-15-24(16-20-29)10-8-6-4-2/h23-27H,3-22H2,1-2H3/t23?,24?,25?,26?,27-,29?,30?/m1/s1. The minimum atomic E-state index is -0.839. The van der Waals surface area contributed by atoms with Crippen molar-refractivity contribution in [1.82, 2.24) is 0 Å². The Morgan fingerprint density at radius 1 is 0.656 bits per heavy atom. The second-order valence-corrected chi connectivity index (χ2v) is 12.6. The summed E-state index contributed by atoms with van der Waals surface area (Å²) in [6, 6.07) is 0. The maximum Gasteiger partial charge on any atom is 0.151 e. The maximum absolute atomic E-state index is 15.8. The molecule has 184 valence electrons. The van der Waals surface area contributed by atoms with Gasteiger partial charge in [0.15, 0.2) is 5.78 Å². The first-order valence-electron chi connectivity index (χ1n) is 14.7. The van der Waals surface area contributed by atoms with E-state index in [9.17, 15) is 4.79 Å². The highest BCUT2D eigenvalue weighted by atomic mass is 19.1. The topological polar surface area (TPSA) is 17.1 Å². The van der Waals surface area contributed by atoms with E-state index in [1.54, 1.807) is 0 Å². The van der Waals surface area contributed by atoms with Crippen molar-refractivity contribution in [3.8, 4) is 0 Å². The van der Waals surface area contributed by atoms with Crippen molar-refractivity contribution in [2.24, 2.45) is 34.5 Å². The molecule has 0 aromatic heterocycles. The lowest BCUT2D eigenvalue weighted by atomic mass is 9.41. The first-order chi connectivity index (χ1) is 15.6. The number of hydrogen-bond donors (Lipinski definition) is 0. The van der Waals surface area contributed by atoms with E-state index in [4.69, 9.17) is 0 Å². The zero-order valence-corrected chi connectivity index (χ0v) is 21.3. The molecule has 0 amide bonds. The Labute approximate surface area is 198 Å². The molecule has 0 aromatic carbocycles. The van der Waals surface area contributed by atoms with Gasteiger partial charge in [-0.25, -0.2) is 4.39 Å². The quantitative estimate of drug-likeness (QED) is 0.322. The van der Waals surface area contributed by atoms with Crippen molar-refractivity contribution in [2.45, 2.75) is 148 Å². The predicted octanol–water partition coefficient (Wildman–Crippen LogP) is 9.23. The summed E-state index contributed by atoms with van der Waals surface area (Å²) >= 11 is 0. The summed E-state index contributed by atoms with van der Waals surface area (Å²) in [6.45, 7) is 4.55. The zero-order valence-electron chi connectivity index (χ0n) is 21.3. The minimum absolute atomic E-state index is 0.364. The van der Waals surface area contributed by atoms with E-state index in [2.05, 4.69) is 13.8 Å². The van der Waals surface area contributed by atoms with Gasteiger partial charge in [-0.15, -0.1) is 0 Å². The summed E-state index contributed by atoms with van der Waals surface area (Å²) in [4.78, 5) is 13.5. The van der Waals surface area contributed by atoms with Crippen molar-refractivity contribution in [2.75, 3.05) is 0 Å². The van der Waals surface area contributed by atoms with Gasteiger partial charge in [0.2, 0.25) is 0 Å². The predicted molar refractivity (Wildman–Crippen MR) is 132 cm³/mol. The van der Waals surface area contributed by atoms with E-state index < -0.39 is 17.0 Å². The molecule has 32 heavy (non-hydrogen) atoms. The van der Waals surface area contributed by atoms with Crippen molar-refractivity contribution in [1.29, 1.82) is 0 Å². The van der Waals surface area contributed by atoms with Gasteiger partial charge >= 0.3 is 0 Å². The van der Waals surface area contributed by atoms with Crippen LogP contribution in [0.25, 0.3) is 0 Å². The SMILES string of the molecule is CCCCCC1CCC(C2CCC3(CC2)C(=O)C2(CCC(CCCCC)CC2)[C@H]3F)CC1. The van der Waals surface area contributed by atoms with Gasteiger partial charge in [-0.1, -0.05) is 78.1 Å². The molecule has 0 bridgehead atoms. The first kappa shape index (κ1) is 24.7. The summed E-state index contributed by atoms with van der Waals surface area (Å²) in [5.74, 6) is 3.70. The van der Waals surface area contributed by atoms with Crippen LogP contribution in [0.4, 0.5) is 4.39 Å². The van der Waals surface area contributed by atoms with Crippen LogP contribution in [0, 0.1) is 34.5 Å². The van der Waals surface area contributed by atoms with E-state index in [0.717, 1.165) is 75.0 Å². The first-order valence-corrected chi connectivity index (χ1v) is 14.7. The van der Waals surface area contributed by atoms with Crippen molar-refractivity contribution < 1.29 is 9.18 Å². The number of halogens is 1. The second kappa shape index (κ2) is 10.9. The van der Waals surface area contributed by atoms with Gasteiger partial charge in [0.05, 0.1) is 10.8 Å². The Morgan fingerprint density at radius 2 is 1.09 bits per heavy atom. The molecule has 0 aromatic rings. The highest BCUT2D eigenvalue weighted by molar-refractivity contribution is 5.98. The molecule has 1 nitrogen and oxygen atoms in total. The molecule has 4 aliphatic rings. The number of alkyl halides is 1. The summed E-state index contributed by atoms with van der Waals surface area (Å²) in [5, 5.41) is 0. The average Bonchev–Trinajstić information content (AvgIpc) is 2.85. The Kier molecular flexibility index (Phi) is 8.42. The van der Waals surface area contributed by atoms with Crippen molar-refractivity contribution >= 4 is 5.78 Å².